The SMILES string of the molecule is NC(=O)c1ccccc1.O=S(Cc1ccccc1)Cc1ccccc1. The van der Waals surface area contributed by atoms with Crippen LogP contribution in [0.15, 0.2) is 91.0 Å². The van der Waals surface area contributed by atoms with Crippen LogP contribution in [-0.2, 0) is 22.3 Å². The summed E-state index contributed by atoms with van der Waals surface area (Å²) in [6.45, 7) is 0. The lowest BCUT2D eigenvalue weighted by Gasteiger charge is -2.02. The van der Waals surface area contributed by atoms with E-state index in [0.29, 0.717) is 17.1 Å². The Morgan fingerprint density at radius 3 is 1.36 bits per heavy atom. The van der Waals surface area contributed by atoms with Crippen molar-refractivity contribution in [1.29, 1.82) is 0 Å². The highest BCUT2D eigenvalue weighted by Gasteiger charge is 2.02. The molecule has 0 aliphatic carbocycles. The van der Waals surface area contributed by atoms with Crippen LogP contribution in [-0.4, -0.2) is 10.1 Å². The Balaban J connectivity index is 0.000000212. The molecule has 25 heavy (non-hydrogen) atoms. The molecular weight excluding hydrogens is 330 g/mol. The van der Waals surface area contributed by atoms with Crippen molar-refractivity contribution in [2.45, 2.75) is 11.5 Å². The Morgan fingerprint density at radius 1 is 0.680 bits per heavy atom. The summed E-state index contributed by atoms with van der Waals surface area (Å²) < 4.78 is 11.9. The Bertz CT molecular complexity index is 746. The van der Waals surface area contributed by atoms with Crippen molar-refractivity contribution in [3.63, 3.8) is 0 Å². The summed E-state index contributed by atoms with van der Waals surface area (Å²) in [4.78, 5) is 10.4. The van der Waals surface area contributed by atoms with Crippen LogP contribution in [0.1, 0.15) is 21.5 Å². The summed E-state index contributed by atoms with van der Waals surface area (Å²) in [5.74, 6) is 0.890. The monoisotopic (exact) mass is 351 g/mol. The minimum atomic E-state index is -0.822. The average molecular weight is 351 g/mol. The third-order valence-electron chi connectivity index (χ3n) is 3.40. The van der Waals surface area contributed by atoms with E-state index in [1.165, 1.54) is 0 Å². The van der Waals surface area contributed by atoms with Crippen molar-refractivity contribution in [3.05, 3.63) is 108 Å². The van der Waals surface area contributed by atoms with E-state index < -0.39 is 10.8 Å². The maximum absolute atomic E-state index is 11.9. The molecule has 128 valence electrons. The van der Waals surface area contributed by atoms with Crippen molar-refractivity contribution in [3.8, 4) is 0 Å². The minimum absolute atomic E-state index is 0.379. The molecular formula is C21H21NO2S. The predicted octanol–water partition coefficient (Wildman–Crippen LogP) is 3.92. The molecule has 3 aromatic carbocycles. The quantitative estimate of drug-likeness (QED) is 0.757. The second-order valence-electron chi connectivity index (χ2n) is 5.43. The van der Waals surface area contributed by atoms with Crippen molar-refractivity contribution in [1.82, 2.24) is 0 Å². The van der Waals surface area contributed by atoms with E-state index in [0.717, 1.165) is 11.1 Å². The molecule has 3 aromatic rings. The lowest BCUT2D eigenvalue weighted by Crippen LogP contribution is -2.09. The molecule has 0 aromatic heterocycles. The zero-order valence-corrected chi connectivity index (χ0v) is 14.7. The Labute approximate surface area is 151 Å². The molecule has 1 amide bonds. The number of nitrogens with two attached hydrogens (primary N) is 1. The molecule has 0 radical (unpaired) electrons. The molecule has 0 unspecified atom stereocenters. The first-order valence-electron chi connectivity index (χ1n) is 7.93. The van der Waals surface area contributed by atoms with Gasteiger partial charge in [0.05, 0.1) is 0 Å². The van der Waals surface area contributed by atoms with Crippen LogP contribution >= 0.6 is 0 Å². The topological polar surface area (TPSA) is 60.2 Å². The second kappa shape index (κ2) is 10.2. The van der Waals surface area contributed by atoms with Crippen LogP contribution < -0.4 is 5.73 Å². The third-order valence-corrected chi connectivity index (χ3v) is 4.71. The average Bonchev–Trinajstić information content (AvgIpc) is 2.64. The van der Waals surface area contributed by atoms with Crippen LogP contribution in [0, 0.1) is 0 Å². The summed E-state index contributed by atoms with van der Waals surface area (Å²) in [5, 5.41) is 0. The van der Waals surface area contributed by atoms with Gasteiger partial charge in [0.15, 0.2) is 0 Å². The summed E-state index contributed by atoms with van der Waals surface area (Å²) in [6.07, 6.45) is 0. The maximum Gasteiger partial charge on any atom is 0.248 e. The standard InChI is InChI=1S/C14H14OS.C7H7NO/c15-16(11-13-7-3-1-4-8-13)12-14-9-5-2-6-10-14;8-7(9)6-4-2-1-3-5-6/h1-10H,11-12H2;1-5H,(H2,8,9). The van der Waals surface area contributed by atoms with Gasteiger partial charge >= 0.3 is 0 Å². The van der Waals surface area contributed by atoms with E-state index in [2.05, 4.69) is 0 Å². The van der Waals surface area contributed by atoms with Crippen molar-refractivity contribution in [2.75, 3.05) is 0 Å². The van der Waals surface area contributed by atoms with Crippen LogP contribution in [0.4, 0.5) is 0 Å². The highest BCUT2D eigenvalue weighted by atomic mass is 32.2. The number of primary amides is 1. The summed E-state index contributed by atoms with van der Waals surface area (Å²) in [6, 6.07) is 28.7. The Kier molecular flexibility index (Phi) is 7.60. The molecule has 0 aliphatic heterocycles. The lowest BCUT2D eigenvalue weighted by atomic mass is 10.2. The molecule has 0 saturated heterocycles. The number of amides is 1. The van der Waals surface area contributed by atoms with Gasteiger partial charge in [-0.3, -0.25) is 9.00 Å². The van der Waals surface area contributed by atoms with Gasteiger partial charge in [0.25, 0.3) is 0 Å². The second-order valence-corrected chi connectivity index (χ2v) is 6.89. The normalized spacial score (nSPS) is 9.96. The first-order valence-corrected chi connectivity index (χ1v) is 9.41. The van der Waals surface area contributed by atoms with Gasteiger partial charge in [-0.25, -0.2) is 0 Å². The fraction of sp³-hybridized carbons (Fsp3) is 0.0952. The molecule has 3 nitrogen and oxygen atoms in total. The third kappa shape index (κ3) is 7.14. The van der Waals surface area contributed by atoms with E-state index in [9.17, 15) is 9.00 Å². The Hall–Kier alpha value is -2.72. The van der Waals surface area contributed by atoms with Crippen LogP contribution in [0.25, 0.3) is 0 Å². The molecule has 0 atom stereocenters. The number of rotatable bonds is 5. The number of carbonyl (C=O) groups excluding carboxylic acids is 1. The molecule has 0 aliphatic rings. The van der Waals surface area contributed by atoms with E-state index in [-0.39, 0.29) is 5.91 Å². The predicted molar refractivity (Wildman–Crippen MR) is 103 cm³/mol. The molecule has 0 heterocycles. The first kappa shape index (κ1) is 18.6. The summed E-state index contributed by atoms with van der Waals surface area (Å²) in [5.41, 5.74) is 7.80. The van der Waals surface area contributed by atoms with Crippen LogP contribution in [0.3, 0.4) is 0 Å². The smallest absolute Gasteiger partial charge is 0.248 e. The zero-order chi connectivity index (χ0) is 17.9. The fourth-order valence-corrected chi connectivity index (χ4v) is 3.40. The molecule has 0 fully saturated rings. The van der Waals surface area contributed by atoms with Crippen LogP contribution in [0.5, 0.6) is 0 Å². The lowest BCUT2D eigenvalue weighted by molar-refractivity contribution is 0.100. The van der Waals surface area contributed by atoms with E-state index in [4.69, 9.17) is 5.73 Å². The van der Waals surface area contributed by atoms with Gasteiger partial charge in [-0.2, -0.15) is 0 Å². The molecule has 4 heteroatoms. The molecule has 0 bridgehead atoms. The number of hydrogen-bond donors (Lipinski definition) is 1. The number of hydrogen-bond acceptors (Lipinski definition) is 2. The van der Waals surface area contributed by atoms with Crippen LogP contribution in [0.2, 0.25) is 0 Å². The van der Waals surface area contributed by atoms with Gasteiger partial charge < -0.3 is 5.73 Å². The zero-order valence-electron chi connectivity index (χ0n) is 13.9. The molecule has 0 saturated carbocycles. The highest BCUT2D eigenvalue weighted by molar-refractivity contribution is 7.83. The summed E-state index contributed by atoms with van der Waals surface area (Å²) >= 11 is 0. The van der Waals surface area contributed by atoms with Crippen molar-refractivity contribution in [2.24, 2.45) is 5.73 Å². The van der Waals surface area contributed by atoms with E-state index in [1.54, 1.807) is 24.3 Å². The number of carbonyl (C=O) groups is 1. The summed E-state index contributed by atoms with van der Waals surface area (Å²) in [7, 11) is -0.822. The van der Waals surface area contributed by atoms with Gasteiger partial charge in [0, 0.05) is 27.9 Å². The van der Waals surface area contributed by atoms with Gasteiger partial charge in [-0.15, -0.1) is 0 Å². The molecule has 0 spiro atoms. The first-order chi connectivity index (χ1) is 12.1. The van der Waals surface area contributed by atoms with Gasteiger partial charge in [0.1, 0.15) is 0 Å². The largest absolute Gasteiger partial charge is 0.366 e. The number of benzene rings is 3. The fourth-order valence-electron chi connectivity index (χ4n) is 2.17. The Morgan fingerprint density at radius 2 is 1.04 bits per heavy atom. The molecule has 3 rings (SSSR count). The van der Waals surface area contributed by atoms with Gasteiger partial charge in [0.2, 0.25) is 5.91 Å². The van der Waals surface area contributed by atoms with E-state index in [1.807, 2.05) is 66.7 Å². The van der Waals surface area contributed by atoms with Gasteiger partial charge in [-0.05, 0) is 23.3 Å². The highest BCUT2D eigenvalue weighted by Crippen LogP contribution is 2.08. The van der Waals surface area contributed by atoms with Crippen molar-refractivity contribution >= 4 is 16.7 Å². The minimum Gasteiger partial charge on any atom is -0.366 e. The van der Waals surface area contributed by atoms with Gasteiger partial charge in [-0.1, -0.05) is 78.9 Å². The van der Waals surface area contributed by atoms with E-state index >= 15 is 0 Å². The molecule has 2 N–H and O–H groups in total. The maximum atomic E-state index is 11.9. The van der Waals surface area contributed by atoms with Crippen molar-refractivity contribution < 1.29 is 9.00 Å².